The van der Waals surface area contributed by atoms with Crippen molar-refractivity contribution in [3.05, 3.63) is 17.5 Å². The molecule has 1 amide bonds. The number of aromatic nitrogens is 2. The molecule has 94 valence electrons. The van der Waals surface area contributed by atoms with Crippen LogP contribution < -0.4 is 0 Å². The molecule has 0 saturated heterocycles. The maximum atomic E-state index is 12.0. The number of carbonyl (C=O) groups excluding carboxylic acids is 1. The van der Waals surface area contributed by atoms with Gasteiger partial charge in [0.05, 0.1) is 17.9 Å². The average molecular weight is 237 g/mol. The molecule has 1 aromatic heterocycles. The fourth-order valence-electron chi connectivity index (χ4n) is 2.04. The molecule has 5 nitrogen and oxygen atoms in total. The van der Waals surface area contributed by atoms with Crippen molar-refractivity contribution in [2.75, 3.05) is 6.54 Å². The molecular formula is C12H19N3O2. The predicted molar refractivity (Wildman–Crippen MR) is 63.6 cm³/mol. The molecule has 0 unspecified atom stereocenters. The third-order valence-electron chi connectivity index (χ3n) is 2.89. The molecule has 0 radical (unpaired) electrons. The molecule has 0 aromatic carbocycles. The lowest BCUT2D eigenvalue weighted by atomic mass is 10.0. The first kappa shape index (κ1) is 12.0. The summed E-state index contributed by atoms with van der Waals surface area (Å²) in [4.78, 5) is 13.8. The maximum absolute atomic E-state index is 12.0. The number of rotatable bonds is 0. The highest BCUT2D eigenvalue weighted by molar-refractivity contribution is 5.69. The van der Waals surface area contributed by atoms with Gasteiger partial charge in [-0.3, -0.25) is 10.00 Å². The minimum atomic E-state index is -0.453. The van der Waals surface area contributed by atoms with Gasteiger partial charge in [0.15, 0.2) is 0 Å². The Kier molecular flexibility index (Phi) is 2.85. The van der Waals surface area contributed by atoms with E-state index in [4.69, 9.17) is 4.74 Å². The van der Waals surface area contributed by atoms with Crippen molar-refractivity contribution in [3.8, 4) is 0 Å². The Morgan fingerprint density at radius 1 is 1.59 bits per heavy atom. The Bertz CT molecular complexity index is 420. The van der Waals surface area contributed by atoms with E-state index >= 15 is 0 Å². The number of hydrogen-bond donors (Lipinski definition) is 1. The van der Waals surface area contributed by atoms with E-state index in [-0.39, 0.29) is 12.1 Å². The van der Waals surface area contributed by atoms with Gasteiger partial charge in [0, 0.05) is 6.54 Å². The van der Waals surface area contributed by atoms with Gasteiger partial charge in [-0.15, -0.1) is 0 Å². The molecule has 0 spiro atoms. The van der Waals surface area contributed by atoms with E-state index in [0.717, 1.165) is 12.1 Å². The molecule has 5 heteroatoms. The number of aromatic amines is 1. The highest BCUT2D eigenvalue weighted by atomic mass is 16.6. The molecule has 1 aliphatic rings. The third-order valence-corrected chi connectivity index (χ3v) is 2.89. The quantitative estimate of drug-likeness (QED) is 0.753. The molecule has 0 saturated carbocycles. The number of nitrogens with one attached hydrogen (secondary N) is 1. The van der Waals surface area contributed by atoms with Gasteiger partial charge >= 0.3 is 6.09 Å². The Balaban J connectivity index is 2.12. The van der Waals surface area contributed by atoms with Gasteiger partial charge in [-0.2, -0.15) is 5.10 Å². The molecule has 17 heavy (non-hydrogen) atoms. The summed E-state index contributed by atoms with van der Waals surface area (Å²) >= 11 is 0. The zero-order valence-corrected chi connectivity index (χ0v) is 10.8. The molecule has 0 aliphatic carbocycles. The van der Waals surface area contributed by atoms with Gasteiger partial charge in [0.2, 0.25) is 0 Å². The summed E-state index contributed by atoms with van der Waals surface area (Å²) < 4.78 is 5.39. The SMILES string of the molecule is C[C@@H]1c2[nH]ncc2CCN1C(=O)OC(C)(C)C. The van der Waals surface area contributed by atoms with Crippen LogP contribution in [0.2, 0.25) is 0 Å². The Morgan fingerprint density at radius 3 is 2.94 bits per heavy atom. The molecule has 1 N–H and O–H groups in total. The minimum Gasteiger partial charge on any atom is -0.444 e. The van der Waals surface area contributed by atoms with Crippen molar-refractivity contribution in [2.24, 2.45) is 0 Å². The Hall–Kier alpha value is -1.52. The minimum absolute atomic E-state index is 0.00361. The van der Waals surface area contributed by atoms with Crippen LogP contribution in [0.1, 0.15) is 45.0 Å². The number of H-pyrrole nitrogens is 1. The number of hydrogen-bond acceptors (Lipinski definition) is 3. The van der Waals surface area contributed by atoms with Gasteiger partial charge in [0.25, 0.3) is 0 Å². The fourth-order valence-corrected chi connectivity index (χ4v) is 2.04. The molecule has 2 heterocycles. The van der Waals surface area contributed by atoms with Crippen LogP contribution in [0.15, 0.2) is 6.20 Å². The summed E-state index contributed by atoms with van der Waals surface area (Å²) in [5.41, 5.74) is 1.75. The molecule has 0 bridgehead atoms. The largest absolute Gasteiger partial charge is 0.444 e. The zero-order valence-electron chi connectivity index (χ0n) is 10.8. The van der Waals surface area contributed by atoms with E-state index in [9.17, 15) is 4.79 Å². The van der Waals surface area contributed by atoms with Crippen LogP contribution in [0.4, 0.5) is 4.79 Å². The predicted octanol–water partition coefficient (Wildman–Crippen LogP) is 2.26. The van der Waals surface area contributed by atoms with Crippen LogP contribution in [0, 0.1) is 0 Å². The summed E-state index contributed by atoms with van der Waals surface area (Å²) in [6.07, 6.45) is 2.40. The number of nitrogens with zero attached hydrogens (tertiary/aromatic N) is 2. The van der Waals surface area contributed by atoms with E-state index in [2.05, 4.69) is 10.2 Å². The molecular weight excluding hydrogens is 218 g/mol. The van der Waals surface area contributed by atoms with Gasteiger partial charge < -0.3 is 4.74 Å². The van der Waals surface area contributed by atoms with Crippen molar-refractivity contribution in [1.82, 2.24) is 15.1 Å². The maximum Gasteiger partial charge on any atom is 0.410 e. The molecule has 0 fully saturated rings. The van der Waals surface area contributed by atoms with Crippen LogP contribution >= 0.6 is 0 Å². The second-order valence-electron chi connectivity index (χ2n) is 5.41. The summed E-state index contributed by atoms with van der Waals surface area (Å²) in [6, 6.07) is -0.00361. The summed E-state index contributed by atoms with van der Waals surface area (Å²) in [6.45, 7) is 8.30. The number of ether oxygens (including phenoxy) is 1. The van der Waals surface area contributed by atoms with E-state index < -0.39 is 5.60 Å². The van der Waals surface area contributed by atoms with Gasteiger partial charge in [0.1, 0.15) is 5.60 Å². The second-order valence-corrected chi connectivity index (χ2v) is 5.41. The normalized spacial score (nSPS) is 20.0. The third kappa shape index (κ3) is 2.43. The lowest BCUT2D eigenvalue weighted by Gasteiger charge is -2.34. The van der Waals surface area contributed by atoms with Crippen LogP contribution in [0.25, 0.3) is 0 Å². The van der Waals surface area contributed by atoms with Crippen LogP contribution in [-0.2, 0) is 11.2 Å². The van der Waals surface area contributed by atoms with Gasteiger partial charge in [-0.1, -0.05) is 0 Å². The summed E-state index contributed by atoms with van der Waals surface area (Å²) in [5, 5.41) is 6.97. The Morgan fingerprint density at radius 2 is 2.29 bits per heavy atom. The van der Waals surface area contributed by atoms with E-state index in [1.165, 1.54) is 5.56 Å². The monoisotopic (exact) mass is 237 g/mol. The van der Waals surface area contributed by atoms with Gasteiger partial charge in [-0.05, 0) is 39.7 Å². The standard InChI is InChI=1S/C12H19N3O2/c1-8-10-9(7-13-14-10)5-6-15(8)11(16)17-12(2,3)4/h7-8H,5-6H2,1-4H3,(H,13,14)/t8-/m1/s1. The number of amides is 1. The molecule has 1 aromatic rings. The first-order valence-electron chi connectivity index (χ1n) is 5.90. The van der Waals surface area contributed by atoms with E-state index in [0.29, 0.717) is 6.54 Å². The molecule has 2 rings (SSSR count). The lowest BCUT2D eigenvalue weighted by Crippen LogP contribution is -2.42. The molecule has 1 aliphatic heterocycles. The van der Waals surface area contributed by atoms with Gasteiger partial charge in [-0.25, -0.2) is 4.79 Å². The number of carbonyl (C=O) groups is 1. The van der Waals surface area contributed by atoms with E-state index in [1.807, 2.05) is 33.9 Å². The van der Waals surface area contributed by atoms with Crippen LogP contribution in [0.5, 0.6) is 0 Å². The summed E-state index contributed by atoms with van der Waals surface area (Å²) in [5.74, 6) is 0. The van der Waals surface area contributed by atoms with Crippen molar-refractivity contribution in [3.63, 3.8) is 0 Å². The van der Waals surface area contributed by atoms with Crippen molar-refractivity contribution >= 4 is 6.09 Å². The average Bonchev–Trinajstić information content (AvgIpc) is 2.63. The second kappa shape index (κ2) is 4.05. The smallest absolute Gasteiger partial charge is 0.410 e. The van der Waals surface area contributed by atoms with E-state index in [1.54, 1.807) is 4.90 Å². The lowest BCUT2D eigenvalue weighted by molar-refractivity contribution is 0.0156. The summed E-state index contributed by atoms with van der Waals surface area (Å²) in [7, 11) is 0. The van der Waals surface area contributed by atoms with Crippen molar-refractivity contribution in [1.29, 1.82) is 0 Å². The van der Waals surface area contributed by atoms with Crippen molar-refractivity contribution < 1.29 is 9.53 Å². The fraction of sp³-hybridized carbons (Fsp3) is 0.667. The highest BCUT2D eigenvalue weighted by Gasteiger charge is 2.31. The highest BCUT2D eigenvalue weighted by Crippen LogP contribution is 2.28. The first-order valence-corrected chi connectivity index (χ1v) is 5.90. The van der Waals surface area contributed by atoms with Crippen LogP contribution in [-0.4, -0.2) is 33.3 Å². The Labute approximate surface area is 101 Å². The first-order chi connectivity index (χ1) is 7.88. The van der Waals surface area contributed by atoms with Crippen molar-refractivity contribution in [2.45, 2.75) is 45.8 Å². The van der Waals surface area contributed by atoms with Crippen LogP contribution in [0.3, 0.4) is 0 Å². The zero-order chi connectivity index (χ0) is 12.6. The number of fused-ring (bicyclic) bond motifs is 1. The topological polar surface area (TPSA) is 58.2 Å². The molecule has 1 atom stereocenters.